The van der Waals surface area contributed by atoms with E-state index in [4.69, 9.17) is 9.47 Å². The molecule has 0 saturated carbocycles. The number of fused-ring (bicyclic) bond motifs is 2. The molecule has 0 unspecified atom stereocenters. The molecule has 1 aliphatic rings. The summed E-state index contributed by atoms with van der Waals surface area (Å²) in [4.78, 5) is 14.9. The number of likely N-dealkylation sites (tertiary alicyclic amines) is 1. The molecule has 0 aliphatic carbocycles. The molecule has 0 N–H and O–H groups in total. The van der Waals surface area contributed by atoms with E-state index >= 15 is 0 Å². The molecule has 5 rings (SSSR count). The molecule has 1 amide bonds. The molecule has 8 heteroatoms. The number of benzene rings is 1. The van der Waals surface area contributed by atoms with Gasteiger partial charge in [0.25, 0.3) is 5.91 Å². The summed E-state index contributed by atoms with van der Waals surface area (Å²) in [5.41, 5.74) is 1.86. The summed E-state index contributed by atoms with van der Waals surface area (Å²) in [7, 11) is 1.69. The van der Waals surface area contributed by atoms with Gasteiger partial charge in [0.15, 0.2) is 18.1 Å². The van der Waals surface area contributed by atoms with E-state index in [9.17, 15) is 4.79 Å². The number of amides is 1. The van der Waals surface area contributed by atoms with Gasteiger partial charge in [-0.2, -0.15) is 0 Å². The molecule has 3 aromatic heterocycles. The molecule has 1 aromatic carbocycles. The van der Waals surface area contributed by atoms with E-state index in [0.717, 1.165) is 41.8 Å². The Bertz CT molecular complexity index is 1210. The molecule has 1 atom stereocenters. The monoisotopic (exact) mass is 419 g/mol. The highest BCUT2D eigenvalue weighted by molar-refractivity contribution is 5.87. The van der Waals surface area contributed by atoms with Crippen LogP contribution in [0.4, 0.5) is 0 Å². The van der Waals surface area contributed by atoms with Crippen LogP contribution in [-0.2, 0) is 16.1 Å². The topological polar surface area (TPSA) is 73.9 Å². The summed E-state index contributed by atoms with van der Waals surface area (Å²) in [6, 6.07) is 13.6. The molecule has 160 valence electrons. The Labute approximate surface area is 180 Å². The average Bonchev–Trinajstić information content (AvgIpc) is 3.53. The number of rotatable bonds is 7. The van der Waals surface area contributed by atoms with Gasteiger partial charge in [0.2, 0.25) is 0 Å². The lowest BCUT2D eigenvalue weighted by Gasteiger charge is -2.23. The first-order valence-corrected chi connectivity index (χ1v) is 10.5. The maximum Gasteiger partial charge on any atom is 0.261 e. The minimum Gasteiger partial charge on any atom is -0.483 e. The van der Waals surface area contributed by atoms with Crippen LogP contribution in [0.1, 0.15) is 24.7 Å². The molecule has 0 spiro atoms. The number of methoxy groups -OCH3 is 1. The number of carbonyl (C=O) groups excluding carboxylic acids is 1. The van der Waals surface area contributed by atoms with Crippen LogP contribution >= 0.6 is 0 Å². The second kappa shape index (κ2) is 8.39. The maximum absolute atomic E-state index is 13.1. The van der Waals surface area contributed by atoms with Crippen molar-refractivity contribution >= 4 is 22.5 Å². The molecule has 4 aromatic rings. The van der Waals surface area contributed by atoms with E-state index < -0.39 is 0 Å². The third-order valence-electron chi connectivity index (χ3n) is 5.87. The second-order valence-corrected chi connectivity index (χ2v) is 7.71. The van der Waals surface area contributed by atoms with Gasteiger partial charge in [0.1, 0.15) is 5.75 Å². The molecule has 0 radical (unpaired) electrons. The molecular formula is C23H25N5O3. The van der Waals surface area contributed by atoms with Crippen molar-refractivity contribution in [3.63, 3.8) is 0 Å². The fraction of sp³-hybridized carbons (Fsp3) is 0.348. The lowest BCUT2D eigenvalue weighted by atomic mass is 10.2. The summed E-state index contributed by atoms with van der Waals surface area (Å²) in [5.74, 6) is 1.48. The molecule has 0 bridgehead atoms. The zero-order valence-corrected chi connectivity index (χ0v) is 17.5. The molecule has 1 fully saturated rings. The zero-order chi connectivity index (χ0) is 21.2. The van der Waals surface area contributed by atoms with Crippen molar-refractivity contribution in [3.8, 4) is 5.75 Å². The van der Waals surface area contributed by atoms with Crippen LogP contribution in [0, 0.1) is 0 Å². The van der Waals surface area contributed by atoms with Gasteiger partial charge in [-0.15, -0.1) is 10.2 Å². The summed E-state index contributed by atoms with van der Waals surface area (Å²) >= 11 is 0. The van der Waals surface area contributed by atoms with Gasteiger partial charge in [-0.05, 0) is 43.2 Å². The second-order valence-electron chi connectivity index (χ2n) is 7.71. The number of hydrogen-bond donors (Lipinski definition) is 0. The zero-order valence-electron chi connectivity index (χ0n) is 17.5. The molecule has 1 saturated heterocycles. The van der Waals surface area contributed by atoms with E-state index in [1.165, 1.54) is 0 Å². The molecule has 1 aliphatic heterocycles. The van der Waals surface area contributed by atoms with Gasteiger partial charge in [-0.1, -0.05) is 12.1 Å². The van der Waals surface area contributed by atoms with Crippen molar-refractivity contribution in [2.45, 2.75) is 25.4 Å². The standard InChI is InChI=1S/C23H25N5O3/c1-30-15-14-26-13-10-17-18(26)6-4-8-20(17)31-16-22(29)27-12-5-7-19(27)23-25-24-21-9-2-3-11-28(21)23/h2-4,6,8-11,13,19H,5,7,12,14-16H2,1H3/t19-/m1/s1. The Balaban J connectivity index is 1.32. The highest BCUT2D eigenvalue weighted by Crippen LogP contribution is 2.32. The van der Waals surface area contributed by atoms with E-state index in [-0.39, 0.29) is 18.6 Å². The largest absolute Gasteiger partial charge is 0.483 e. The van der Waals surface area contributed by atoms with Gasteiger partial charge in [-0.3, -0.25) is 9.20 Å². The van der Waals surface area contributed by atoms with Gasteiger partial charge in [0.05, 0.1) is 18.2 Å². The smallest absolute Gasteiger partial charge is 0.261 e. The Morgan fingerprint density at radius 3 is 2.97 bits per heavy atom. The third-order valence-corrected chi connectivity index (χ3v) is 5.87. The number of hydrogen-bond acceptors (Lipinski definition) is 5. The van der Waals surface area contributed by atoms with Gasteiger partial charge in [0, 0.05) is 38.0 Å². The molecular weight excluding hydrogens is 394 g/mol. The fourth-order valence-electron chi connectivity index (χ4n) is 4.35. The number of nitrogens with zero attached hydrogens (tertiary/aromatic N) is 5. The average molecular weight is 419 g/mol. The maximum atomic E-state index is 13.1. The Kier molecular flexibility index (Phi) is 5.30. The first-order chi connectivity index (χ1) is 15.3. The molecule has 31 heavy (non-hydrogen) atoms. The lowest BCUT2D eigenvalue weighted by molar-refractivity contribution is -0.134. The van der Waals surface area contributed by atoms with E-state index in [0.29, 0.717) is 18.9 Å². The first kappa shape index (κ1) is 19.6. The van der Waals surface area contributed by atoms with E-state index in [2.05, 4.69) is 14.8 Å². The third kappa shape index (κ3) is 3.63. The molecule has 4 heterocycles. The number of pyridine rings is 1. The van der Waals surface area contributed by atoms with E-state index in [1.807, 2.05) is 64.2 Å². The summed E-state index contributed by atoms with van der Waals surface area (Å²) < 4.78 is 15.3. The number of carbonyl (C=O) groups is 1. The van der Waals surface area contributed by atoms with Crippen molar-refractivity contribution in [1.82, 2.24) is 24.1 Å². The van der Waals surface area contributed by atoms with Crippen LogP contribution in [-0.4, -0.2) is 56.8 Å². The lowest BCUT2D eigenvalue weighted by Crippen LogP contribution is -2.35. The van der Waals surface area contributed by atoms with Crippen LogP contribution in [0.3, 0.4) is 0 Å². The first-order valence-electron chi connectivity index (χ1n) is 10.5. The molecule has 8 nitrogen and oxygen atoms in total. The van der Waals surface area contributed by atoms with Gasteiger partial charge in [-0.25, -0.2) is 0 Å². The van der Waals surface area contributed by atoms with Crippen LogP contribution < -0.4 is 4.74 Å². The van der Waals surface area contributed by atoms with Crippen molar-refractivity contribution in [1.29, 1.82) is 0 Å². The van der Waals surface area contributed by atoms with Crippen LogP contribution in [0.25, 0.3) is 16.6 Å². The quantitative estimate of drug-likeness (QED) is 0.460. The predicted molar refractivity (Wildman–Crippen MR) is 116 cm³/mol. The Hall–Kier alpha value is -3.39. The summed E-state index contributed by atoms with van der Waals surface area (Å²) in [5, 5.41) is 9.60. The highest BCUT2D eigenvalue weighted by atomic mass is 16.5. The Morgan fingerprint density at radius 2 is 2.06 bits per heavy atom. The Morgan fingerprint density at radius 1 is 1.13 bits per heavy atom. The highest BCUT2D eigenvalue weighted by Gasteiger charge is 2.33. The minimum absolute atomic E-state index is 0.00436. The van der Waals surface area contributed by atoms with Crippen molar-refractivity contribution < 1.29 is 14.3 Å². The summed E-state index contributed by atoms with van der Waals surface area (Å²) in [6.07, 6.45) is 5.78. The van der Waals surface area contributed by atoms with Crippen molar-refractivity contribution in [2.75, 3.05) is 26.9 Å². The summed E-state index contributed by atoms with van der Waals surface area (Å²) in [6.45, 7) is 2.10. The minimum atomic E-state index is -0.0839. The van der Waals surface area contributed by atoms with Crippen molar-refractivity contribution in [3.05, 3.63) is 60.7 Å². The SMILES string of the molecule is COCCn1ccc2c(OCC(=O)N3CCC[C@@H]3c3nnc4ccccn34)cccc21. The van der Waals surface area contributed by atoms with Crippen LogP contribution in [0.15, 0.2) is 54.9 Å². The van der Waals surface area contributed by atoms with Gasteiger partial charge < -0.3 is 18.9 Å². The number of ether oxygens (including phenoxy) is 2. The fourth-order valence-corrected chi connectivity index (χ4v) is 4.35. The van der Waals surface area contributed by atoms with Gasteiger partial charge >= 0.3 is 0 Å². The number of aromatic nitrogens is 4. The normalized spacial score (nSPS) is 16.4. The van der Waals surface area contributed by atoms with E-state index in [1.54, 1.807) is 7.11 Å². The predicted octanol–water partition coefficient (Wildman–Crippen LogP) is 3.07. The van der Waals surface area contributed by atoms with Crippen molar-refractivity contribution in [2.24, 2.45) is 0 Å². The van der Waals surface area contributed by atoms with Crippen LogP contribution in [0.2, 0.25) is 0 Å². The van der Waals surface area contributed by atoms with Crippen LogP contribution in [0.5, 0.6) is 5.75 Å².